The predicted molar refractivity (Wildman–Crippen MR) is 108 cm³/mol. The van der Waals surface area contributed by atoms with Crippen molar-refractivity contribution in [3.05, 3.63) is 69.9 Å². The minimum Gasteiger partial charge on any atom is -0.354 e. The summed E-state index contributed by atoms with van der Waals surface area (Å²) in [6, 6.07) is 14.2. The van der Waals surface area contributed by atoms with Crippen molar-refractivity contribution in [3.8, 4) is 0 Å². The zero-order chi connectivity index (χ0) is 19.5. The van der Waals surface area contributed by atoms with Gasteiger partial charge in [0, 0.05) is 24.0 Å². The molecule has 2 aromatic carbocycles. The number of carbonyl (C=O) groups is 2. The molecule has 0 bridgehead atoms. The topological polar surface area (TPSA) is 58.2 Å². The maximum absolute atomic E-state index is 13.1. The minimum atomic E-state index is -0.354. The molecule has 0 spiro atoms. The molecule has 0 radical (unpaired) electrons. The van der Waals surface area contributed by atoms with E-state index in [9.17, 15) is 14.0 Å². The van der Waals surface area contributed by atoms with E-state index >= 15 is 0 Å². The van der Waals surface area contributed by atoms with E-state index in [-0.39, 0.29) is 24.1 Å². The Kier molecular flexibility index (Phi) is 8.98. The highest BCUT2D eigenvalue weighted by atomic mass is 79.9. The van der Waals surface area contributed by atoms with Gasteiger partial charge in [-0.25, -0.2) is 4.39 Å². The highest BCUT2D eigenvalue weighted by Gasteiger charge is 2.05. The van der Waals surface area contributed by atoms with Crippen molar-refractivity contribution >= 4 is 27.7 Å². The van der Waals surface area contributed by atoms with Crippen LogP contribution in [0.2, 0.25) is 0 Å². The SMILES string of the molecule is O=C(CCCCc1ccc(Br)cc1)NCCNC(=O)Cc1cccc(F)c1. The molecule has 2 amide bonds. The van der Waals surface area contributed by atoms with E-state index in [2.05, 4.69) is 38.7 Å². The fourth-order valence-electron chi connectivity index (χ4n) is 2.65. The zero-order valence-electron chi connectivity index (χ0n) is 15.1. The van der Waals surface area contributed by atoms with Crippen molar-refractivity contribution < 1.29 is 14.0 Å². The van der Waals surface area contributed by atoms with Gasteiger partial charge in [-0.3, -0.25) is 9.59 Å². The van der Waals surface area contributed by atoms with Gasteiger partial charge in [0.2, 0.25) is 11.8 Å². The summed E-state index contributed by atoms with van der Waals surface area (Å²) < 4.78 is 14.1. The van der Waals surface area contributed by atoms with Gasteiger partial charge in [-0.05, 0) is 54.7 Å². The second kappa shape index (κ2) is 11.5. The van der Waals surface area contributed by atoms with E-state index in [1.807, 2.05) is 12.1 Å². The highest BCUT2D eigenvalue weighted by Crippen LogP contribution is 2.12. The summed E-state index contributed by atoms with van der Waals surface area (Å²) in [4.78, 5) is 23.6. The first-order valence-corrected chi connectivity index (χ1v) is 9.84. The van der Waals surface area contributed by atoms with Gasteiger partial charge in [0.1, 0.15) is 5.82 Å². The molecule has 0 aliphatic rings. The molecule has 0 aromatic heterocycles. The number of benzene rings is 2. The van der Waals surface area contributed by atoms with Crippen LogP contribution in [0.15, 0.2) is 53.0 Å². The molecule has 2 N–H and O–H groups in total. The van der Waals surface area contributed by atoms with Crippen LogP contribution in [0, 0.1) is 5.82 Å². The van der Waals surface area contributed by atoms with Crippen LogP contribution in [0.5, 0.6) is 0 Å². The molecule has 0 heterocycles. The summed E-state index contributed by atoms with van der Waals surface area (Å²) in [6.07, 6.45) is 3.35. The molecular formula is C21H24BrFN2O2. The van der Waals surface area contributed by atoms with Crippen molar-refractivity contribution in [1.29, 1.82) is 0 Å². The lowest BCUT2D eigenvalue weighted by molar-refractivity contribution is -0.122. The Balaban J connectivity index is 1.51. The third-order valence-electron chi connectivity index (χ3n) is 4.06. The van der Waals surface area contributed by atoms with Gasteiger partial charge in [0.05, 0.1) is 6.42 Å². The molecule has 0 aliphatic heterocycles. The van der Waals surface area contributed by atoms with Crippen LogP contribution in [-0.2, 0) is 22.4 Å². The molecule has 0 atom stereocenters. The van der Waals surface area contributed by atoms with E-state index in [1.54, 1.807) is 12.1 Å². The van der Waals surface area contributed by atoms with E-state index in [1.165, 1.54) is 17.7 Å². The van der Waals surface area contributed by atoms with Crippen LogP contribution >= 0.6 is 15.9 Å². The summed E-state index contributed by atoms with van der Waals surface area (Å²) in [6.45, 7) is 0.749. The second-order valence-electron chi connectivity index (χ2n) is 6.34. The molecule has 0 saturated heterocycles. The Labute approximate surface area is 167 Å². The lowest BCUT2D eigenvalue weighted by atomic mass is 10.1. The van der Waals surface area contributed by atoms with Crippen LogP contribution in [0.25, 0.3) is 0 Å². The van der Waals surface area contributed by atoms with Crippen molar-refractivity contribution in [1.82, 2.24) is 10.6 Å². The van der Waals surface area contributed by atoms with E-state index in [4.69, 9.17) is 0 Å². The first-order valence-electron chi connectivity index (χ1n) is 9.05. The number of carbonyl (C=O) groups excluding carboxylic acids is 2. The molecule has 4 nitrogen and oxygen atoms in total. The molecule has 0 aliphatic carbocycles. The number of hydrogen-bond donors (Lipinski definition) is 2. The molecule has 0 saturated carbocycles. The lowest BCUT2D eigenvalue weighted by Crippen LogP contribution is -2.35. The summed E-state index contributed by atoms with van der Waals surface area (Å²) in [5, 5.41) is 5.52. The number of nitrogens with one attached hydrogen (secondary N) is 2. The van der Waals surface area contributed by atoms with Crippen LogP contribution in [0.3, 0.4) is 0 Å². The Bertz CT molecular complexity index is 750. The van der Waals surface area contributed by atoms with Crippen LogP contribution in [0.1, 0.15) is 30.4 Å². The molecule has 0 unspecified atom stereocenters. The van der Waals surface area contributed by atoms with Gasteiger partial charge in [-0.2, -0.15) is 0 Å². The normalized spacial score (nSPS) is 10.4. The van der Waals surface area contributed by atoms with E-state index < -0.39 is 0 Å². The smallest absolute Gasteiger partial charge is 0.224 e. The van der Waals surface area contributed by atoms with Gasteiger partial charge in [-0.15, -0.1) is 0 Å². The maximum atomic E-state index is 13.1. The first kappa shape index (κ1) is 21.1. The number of aryl methyl sites for hydroxylation is 1. The van der Waals surface area contributed by atoms with Crippen molar-refractivity contribution in [2.24, 2.45) is 0 Å². The highest BCUT2D eigenvalue weighted by molar-refractivity contribution is 9.10. The molecule has 6 heteroatoms. The van der Waals surface area contributed by atoms with Gasteiger partial charge in [-0.1, -0.05) is 40.2 Å². The molecule has 2 aromatic rings. The Morgan fingerprint density at radius 2 is 1.59 bits per heavy atom. The van der Waals surface area contributed by atoms with Crippen LogP contribution in [-0.4, -0.2) is 24.9 Å². The fraction of sp³-hybridized carbons (Fsp3) is 0.333. The predicted octanol–water partition coefficient (Wildman–Crippen LogP) is 3.78. The quantitative estimate of drug-likeness (QED) is 0.559. The Hall–Kier alpha value is -2.21. The number of hydrogen-bond acceptors (Lipinski definition) is 2. The van der Waals surface area contributed by atoms with Crippen molar-refractivity contribution in [2.45, 2.75) is 32.1 Å². The van der Waals surface area contributed by atoms with Gasteiger partial charge in [0.25, 0.3) is 0 Å². The Morgan fingerprint density at radius 1 is 0.889 bits per heavy atom. The molecule has 2 rings (SSSR count). The molecule has 27 heavy (non-hydrogen) atoms. The zero-order valence-corrected chi connectivity index (χ0v) is 16.7. The number of halogens is 2. The standard InChI is InChI=1S/C21H24BrFN2O2/c22-18-10-8-16(9-11-18)4-1-2-7-20(26)24-12-13-25-21(27)15-17-5-3-6-19(23)14-17/h3,5-6,8-11,14H,1-2,4,7,12-13,15H2,(H,24,26)(H,25,27). The number of rotatable bonds is 10. The molecular weight excluding hydrogens is 411 g/mol. The fourth-order valence-corrected chi connectivity index (χ4v) is 2.92. The average molecular weight is 435 g/mol. The molecule has 0 fully saturated rings. The monoisotopic (exact) mass is 434 g/mol. The average Bonchev–Trinajstić information content (AvgIpc) is 2.64. The Morgan fingerprint density at radius 3 is 2.30 bits per heavy atom. The number of unbranched alkanes of at least 4 members (excludes halogenated alkanes) is 1. The van der Waals surface area contributed by atoms with Crippen LogP contribution < -0.4 is 10.6 Å². The van der Waals surface area contributed by atoms with Gasteiger partial charge in [0.15, 0.2) is 0 Å². The van der Waals surface area contributed by atoms with Crippen molar-refractivity contribution in [2.75, 3.05) is 13.1 Å². The lowest BCUT2D eigenvalue weighted by Gasteiger charge is -2.07. The number of amides is 2. The first-order chi connectivity index (χ1) is 13.0. The summed E-state index contributed by atoms with van der Waals surface area (Å²) >= 11 is 3.41. The minimum absolute atomic E-state index is 0.00909. The van der Waals surface area contributed by atoms with Gasteiger partial charge < -0.3 is 10.6 Å². The van der Waals surface area contributed by atoms with E-state index in [0.717, 1.165) is 23.7 Å². The second-order valence-corrected chi connectivity index (χ2v) is 7.26. The third-order valence-corrected chi connectivity index (χ3v) is 4.58. The summed E-state index contributed by atoms with van der Waals surface area (Å²) in [5.74, 6) is -0.553. The van der Waals surface area contributed by atoms with Crippen LogP contribution in [0.4, 0.5) is 4.39 Å². The largest absolute Gasteiger partial charge is 0.354 e. The third kappa shape index (κ3) is 8.82. The molecule has 144 valence electrons. The summed E-state index contributed by atoms with van der Waals surface area (Å²) in [5.41, 5.74) is 1.89. The van der Waals surface area contributed by atoms with Gasteiger partial charge >= 0.3 is 0 Å². The van der Waals surface area contributed by atoms with Crippen molar-refractivity contribution in [3.63, 3.8) is 0 Å². The summed E-state index contributed by atoms with van der Waals surface area (Å²) in [7, 11) is 0. The maximum Gasteiger partial charge on any atom is 0.224 e. The van der Waals surface area contributed by atoms with E-state index in [0.29, 0.717) is 25.1 Å².